The summed E-state index contributed by atoms with van der Waals surface area (Å²) in [5.74, 6) is -1.47. The van der Waals surface area contributed by atoms with Gasteiger partial charge in [0.25, 0.3) is 0 Å². The Morgan fingerprint density at radius 2 is 1.83 bits per heavy atom. The molecule has 0 aliphatic heterocycles. The van der Waals surface area contributed by atoms with E-state index in [0.717, 1.165) is 5.56 Å². The predicted octanol–water partition coefficient (Wildman–Crippen LogP) is 0.821. The van der Waals surface area contributed by atoms with Crippen molar-refractivity contribution in [1.82, 2.24) is 5.32 Å². The molecule has 1 aromatic carbocycles. The molecular weight excluding hydrogens is 232 g/mol. The van der Waals surface area contributed by atoms with Crippen molar-refractivity contribution in [1.29, 1.82) is 0 Å². The molecule has 0 aliphatic rings. The highest BCUT2D eigenvalue weighted by atomic mass is 16.3. The van der Waals surface area contributed by atoms with E-state index < -0.39 is 11.8 Å². The van der Waals surface area contributed by atoms with Gasteiger partial charge in [0.05, 0.1) is 12.6 Å². The van der Waals surface area contributed by atoms with Crippen molar-refractivity contribution >= 4 is 17.5 Å². The van der Waals surface area contributed by atoms with Crippen LogP contribution in [0.5, 0.6) is 0 Å². The van der Waals surface area contributed by atoms with Crippen LogP contribution in [0.1, 0.15) is 18.9 Å². The lowest BCUT2D eigenvalue weighted by atomic mass is 10.2. The van der Waals surface area contributed by atoms with Crippen LogP contribution in [-0.4, -0.2) is 29.6 Å². The zero-order valence-corrected chi connectivity index (χ0v) is 10.6. The smallest absolute Gasteiger partial charge is 0.313 e. The second kappa shape index (κ2) is 6.76. The van der Waals surface area contributed by atoms with Crippen LogP contribution in [0.15, 0.2) is 24.3 Å². The molecule has 3 N–H and O–H groups in total. The molecule has 18 heavy (non-hydrogen) atoms. The maximum absolute atomic E-state index is 11.6. The standard InChI is InChI=1S/C13H18N2O3/c1-3-10(8-16)14-12(17)13(18)15-11-6-4-9(2)5-7-11/h4-7,10,16H,3,8H2,1-2H3,(H,14,17)(H,15,18)/t10-/m0/s1. The molecular formula is C13H18N2O3. The molecule has 0 saturated heterocycles. The second-order valence-corrected chi connectivity index (χ2v) is 4.08. The van der Waals surface area contributed by atoms with E-state index in [1.54, 1.807) is 12.1 Å². The molecule has 5 heteroatoms. The number of anilines is 1. The van der Waals surface area contributed by atoms with Crippen LogP contribution in [0.3, 0.4) is 0 Å². The fourth-order valence-corrected chi connectivity index (χ4v) is 1.35. The zero-order valence-electron chi connectivity index (χ0n) is 10.6. The Hall–Kier alpha value is -1.88. The van der Waals surface area contributed by atoms with E-state index in [1.807, 2.05) is 26.0 Å². The number of aliphatic hydroxyl groups is 1. The van der Waals surface area contributed by atoms with Crippen LogP contribution in [0.25, 0.3) is 0 Å². The van der Waals surface area contributed by atoms with Gasteiger partial charge in [-0.2, -0.15) is 0 Å². The first-order valence-corrected chi connectivity index (χ1v) is 5.86. The Bertz CT molecular complexity index is 411. The number of hydrogen-bond acceptors (Lipinski definition) is 3. The van der Waals surface area contributed by atoms with Gasteiger partial charge in [-0.3, -0.25) is 9.59 Å². The first kappa shape index (κ1) is 14.2. The van der Waals surface area contributed by atoms with Crippen molar-refractivity contribution in [3.8, 4) is 0 Å². The van der Waals surface area contributed by atoms with Crippen molar-refractivity contribution in [2.24, 2.45) is 0 Å². The average molecular weight is 250 g/mol. The van der Waals surface area contributed by atoms with Gasteiger partial charge in [-0.15, -0.1) is 0 Å². The van der Waals surface area contributed by atoms with Gasteiger partial charge in [0, 0.05) is 5.69 Å². The van der Waals surface area contributed by atoms with E-state index in [0.29, 0.717) is 12.1 Å². The number of carbonyl (C=O) groups excluding carboxylic acids is 2. The first-order valence-electron chi connectivity index (χ1n) is 5.86. The van der Waals surface area contributed by atoms with Crippen molar-refractivity contribution in [2.45, 2.75) is 26.3 Å². The lowest BCUT2D eigenvalue weighted by Crippen LogP contribution is -2.43. The van der Waals surface area contributed by atoms with E-state index >= 15 is 0 Å². The molecule has 0 saturated carbocycles. The maximum Gasteiger partial charge on any atom is 0.313 e. The second-order valence-electron chi connectivity index (χ2n) is 4.08. The van der Waals surface area contributed by atoms with Gasteiger partial charge in [0.15, 0.2) is 0 Å². The summed E-state index contributed by atoms with van der Waals surface area (Å²) in [6.07, 6.45) is 0.569. The molecule has 0 aromatic heterocycles. The van der Waals surface area contributed by atoms with Gasteiger partial charge in [-0.25, -0.2) is 0 Å². The minimum atomic E-state index is -0.739. The Morgan fingerprint density at radius 1 is 1.22 bits per heavy atom. The van der Waals surface area contributed by atoms with E-state index in [1.165, 1.54) is 0 Å². The van der Waals surface area contributed by atoms with Crippen LogP contribution in [0.4, 0.5) is 5.69 Å². The highest BCUT2D eigenvalue weighted by Crippen LogP contribution is 2.08. The van der Waals surface area contributed by atoms with Gasteiger partial charge in [-0.1, -0.05) is 24.6 Å². The molecule has 2 amide bonds. The largest absolute Gasteiger partial charge is 0.394 e. The lowest BCUT2D eigenvalue weighted by molar-refractivity contribution is -0.136. The van der Waals surface area contributed by atoms with Crippen LogP contribution in [0.2, 0.25) is 0 Å². The number of aryl methyl sites for hydroxylation is 1. The fraction of sp³-hybridized carbons (Fsp3) is 0.385. The van der Waals surface area contributed by atoms with Crippen LogP contribution < -0.4 is 10.6 Å². The average Bonchev–Trinajstić information content (AvgIpc) is 2.38. The van der Waals surface area contributed by atoms with E-state index in [-0.39, 0.29) is 12.6 Å². The predicted molar refractivity (Wildman–Crippen MR) is 69.1 cm³/mol. The summed E-state index contributed by atoms with van der Waals surface area (Å²) in [6, 6.07) is 6.75. The van der Waals surface area contributed by atoms with Crippen molar-refractivity contribution < 1.29 is 14.7 Å². The molecule has 5 nitrogen and oxygen atoms in total. The molecule has 1 rings (SSSR count). The Balaban J connectivity index is 2.54. The summed E-state index contributed by atoms with van der Waals surface area (Å²) in [7, 11) is 0. The van der Waals surface area contributed by atoms with Crippen molar-refractivity contribution in [2.75, 3.05) is 11.9 Å². The molecule has 0 spiro atoms. The van der Waals surface area contributed by atoms with Gasteiger partial charge in [0.2, 0.25) is 0 Å². The van der Waals surface area contributed by atoms with E-state index in [9.17, 15) is 9.59 Å². The summed E-state index contributed by atoms with van der Waals surface area (Å²) < 4.78 is 0. The Morgan fingerprint density at radius 3 is 2.33 bits per heavy atom. The molecule has 0 radical (unpaired) electrons. The third kappa shape index (κ3) is 4.18. The minimum absolute atomic E-state index is 0.181. The SMILES string of the molecule is CC[C@@H](CO)NC(=O)C(=O)Nc1ccc(C)cc1. The summed E-state index contributed by atoms with van der Waals surface area (Å²) in [5.41, 5.74) is 1.64. The number of carbonyl (C=O) groups is 2. The van der Waals surface area contributed by atoms with Crippen molar-refractivity contribution in [3.63, 3.8) is 0 Å². The summed E-state index contributed by atoms with van der Waals surface area (Å²) in [5, 5.41) is 13.9. The summed E-state index contributed by atoms with van der Waals surface area (Å²) in [4.78, 5) is 23.1. The number of amides is 2. The fourth-order valence-electron chi connectivity index (χ4n) is 1.35. The summed E-state index contributed by atoms with van der Waals surface area (Å²) in [6.45, 7) is 3.57. The number of nitrogens with one attached hydrogen (secondary N) is 2. The topological polar surface area (TPSA) is 78.4 Å². The van der Waals surface area contributed by atoms with Gasteiger partial charge in [0.1, 0.15) is 0 Å². The zero-order chi connectivity index (χ0) is 13.5. The van der Waals surface area contributed by atoms with Crippen LogP contribution >= 0.6 is 0 Å². The molecule has 1 atom stereocenters. The number of rotatable bonds is 4. The maximum atomic E-state index is 11.6. The summed E-state index contributed by atoms with van der Waals surface area (Å²) >= 11 is 0. The molecule has 98 valence electrons. The monoisotopic (exact) mass is 250 g/mol. The van der Waals surface area contributed by atoms with Crippen LogP contribution in [-0.2, 0) is 9.59 Å². The Labute approximate surface area is 106 Å². The van der Waals surface area contributed by atoms with Crippen molar-refractivity contribution in [3.05, 3.63) is 29.8 Å². The van der Waals surface area contributed by atoms with E-state index in [4.69, 9.17) is 5.11 Å². The van der Waals surface area contributed by atoms with Gasteiger partial charge < -0.3 is 15.7 Å². The number of benzene rings is 1. The molecule has 1 aromatic rings. The van der Waals surface area contributed by atoms with E-state index in [2.05, 4.69) is 10.6 Å². The molecule has 0 unspecified atom stereocenters. The lowest BCUT2D eigenvalue weighted by Gasteiger charge is -2.13. The Kier molecular flexibility index (Phi) is 5.32. The third-order valence-electron chi connectivity index (χ3n) is 2.56. The van der Waals surface area contributed by atoms with Crippen LogP contribution in [0, 0.1) is 6.92 Å². The highest BCUT2D eigenvalue weighted by molar-refractivity contribution is 6.39. The highest BCUT2D eigenvalue weighted by Gasteiger charge is 2.16. The van der Waals surface area contributed by atoms with Gasteiger partial charge in [-0.05, 0) is 25.5 Å². The number of hydrogen-bond donors (Lipinski definition) is 3. The number of aliphatic hydroxyl groups excluding tert-OH is 1. The first-order chi connectivity index (χ1) is 8.56. The molecule has 0 fully saturated rings. The van der Waals surface area contributed by atoms with Gasteiger partial charge >= 0.3 is 11.8 Å². The quantitative estimate of drug-likeness (QED) is 0.692. The molecule has 0 aliphatic carbocycles. The minimum Gasteiger partial charge on any atom is -0.394 e. The normalized spacial score (nSPS) is 11.7. The molecule has 0 bridgehead atoms. The molecule has 0 heterocycles. The third-order valence-corrected chi connectivity index (χ3v) is 2.56.